The maximum absolute atomic E-state index is 12.9. The fraction of sp³-hybridized carbons (Fsp3) is 0.450. The number of carbonyl (C=O) groups is 1. The first kappa shape index (κ1) is 19.1. The van der Waals surface area contributed by atoms with E-state index in [4.69, 9.17) is 5.73 Å². The lowest BCUT2D eigenvalue weighted by Gasteiger charge is -2.33. The topological polar surface area (TPSA) is 101 Å². The summed E-state index contributed by atoms with van der Waals surface area (Å²) in [5, 5.41) is 0. The van der Waals surface area contributed by atoms with E-state index in [1.807, 2.05) is 31.0 Å². The summed E-state index contributed by atoms with van der Waals surface area (Å²) in [5.41, 5.74) is 7.13. The van der Waals surface area contributed by atoms with Gasteiger partial charge in [0, 0.05) is 12.6 Å². The van der Waals surface area contributed by atoms with E-state index in [-0.39, 0.29) is 29.8 Å². The van der Waals surface area contributed by atoms with Crippen molar-refractivity contribution >= 4 is 11.6 Å². The number of likely N-dealkylation sites (N-methyl/N-ethyl adjacent to an activating group) is 1. The largest absolute Gasteiger partial charge is 0.384 e. The monoisotopic (exact) mass is 370 g/mol. The molecule has 1 aliphatic carbocycles. The number of ketones is 1. The predicted octanol–water partition coefficient (Wildman–Crippen LogP) is 1.72. The van der Waals surface area contributed by atoms with E-state index in [0.717, 1.165) is 19.3 Å². The number of nitrogens with zero attached hydrogens (tertiary/aromatic N) is 2. The number of anilines is 1. The second-order valence-electron chi connectivity index (χ2n) is 7.12. The molecule has 7 nitrogen and oxygen atoms in total. The predicted molar refractivity (Wildman–Crippen MR) is 105 cm³/mol. The molecule has 1 aromatic carbocycles. The molecule has 3 N–H and O–H groups in total. The van der Waals surface area contributed by atoms with Gasteiger partial charge in [0.05, 0.1) is 6.54 Å². The number of H-pyrrole nitrogens is 1. The van der Waals surface area contributed by atoms with Crippen molar-refractivity contribution in [1.29, 1.82) is 0 Å². The summed E-state index contributed by atoms with van der Waals surface area (Å²) in [6.45, 7) is 2.32. The highest BCUT2D eigenvalue weighted by Gasteiger charge is 2.27. The molecule has 0 bridgehead atoms. The van der Waals surface area contributed by atoms with Crippen LogP contribution in [0.25, 0.3) is 0 Å². The molecule has 7 heteroatoms. The molecule has 0 amide bonds. The molecule has 1 aromatic heterocycles. The number of hydrogen-bond acceptors (Lipinski definition) is 5. The Balaban J connectivity index is 1.87. The number of aromatic nitrogens is 2. The number of Topliss-reactive ketones (excluding diaryl/α,β-unsaturated/α-hetero) is 1. The fourth-order valence-electron chi connectivity index (χ4n) is 3.90. The smallest absolute Gasteiger partial charge is 0.329 e. The minimum Gasteiger partial charge on any atom is -0.384 e. The Hall–Kier alpha value is -2.67. The lowest BCUT2D eigenvalue weighted by Crippen LogP contribution is -2.39. The van der Waals surface area contributed by atoms with Crippen molar-refractivity contribution in [3.8, 4) is 0 Å². The number of carbonyl (C=O) groups excluding carboxylic acids is 1. The van der Waals surface area contributed by atoms with E-state index in [1.54, 1.807) is 0 Å². The van der Waals surface area contributed by atoms with Crippen molar-refractivity contribution in [3.63, 3.8) is 0 Å². The summed E-state index contributed by atoms with van der Waals surface area (Å²) in [7, 11) is 1.89. The summed E-state index contributed by atoms with van der Waals surface area (Å²) < 4.78 is 1.25. The Labute approximate surface area is 157 Å². The minimum absolute atomic E-state index is 0.0481. The van der Waals surface area contributed by atoms with E-state index in [9.17, 15) is 14.4 Å². The highest BCUT2D eigenvalue weighted by Crippen LogP contribution is 2.33. The molecule has 1 unspecified atom stereocenters. The first-order valence-electron chi connectivity index (χ1n) is 9.37. The van der Waals surface area contributed by atoms with Crippen LogP contribution in [0.2, 0.25) is 0 Å². The van der Waals surface area contributed by atoms with Crippen LogP contribution >= 0.6 is 0 Å². The summed E-state index contributed by atoms with van der Waals surface area (Å²) in [4.78, 5) is 41.2. The lowest BCUT2D eigenvalue weighted by atomic mass is 9.87. The quantitative estimate of drug-likeness (QED) is 0.754. The number of hydrogen-bond donors (Lipinski definition) is 2. The summed E-state index contributed by atoms with van der Waals surface area (Å²) in [6, 6.07) is 8.39. The van der Waals surface area contributed by atoms with Crippen LogP contribution in [0.5, 0.6) is 0 Å². The average molecular weight is 370 g/mol. The Kier molecular flexibility index (Phi) is 5.60. The number of nitrogen functional groups attached to an aromatic ring is 1. The third kappa shape index (κ3) is 3.73. The first-order chi connectivity index (χ1) is 12.9. The van der Waals surface area contributed by atoms with Crippen LogP contribution in [0, 0.1) is 0 Å². The summed E-state index contributed by atoms with van der Waals surface area (Å²) in [6.07, 6.45) is 3.73. The molecule has 3 rings (SSSR count). The molecule has 0 spiro atoms. The molecule has 0 aliphatic heterocycles. The van der Waals surface area contributed by atoms with Gasteiger partial charge in [-0.05, 0) is 43.9 Å². The maximum atomic E-state index is 12.9. The van der Waals surface area contributed by atoms with Crippen molar-refractivity contribution in [2.45, 2.75) is 45.2 Å². The van der Waals surface area contributed by atoms with Crippen LogP contribution in [-0.2, 0) is 13.0 Å². The average Bonchev–Trinajstić information content (AvgIpc) is 2.64. The number of benzene rings is 1. The highest BCUT2D eigenvalue weighted by molar-refractivity contribution is 6.01. The molecule has 1 heterocycles. The maximum Gasteiger partial charge on any atom is 0.329 e. The van der Waals surface area contributed by atoms with Crippen LogP contribution < -0.4 is 17.0 Å². The van der Waals surface area contributed by atoms with Crippen LogP contribution in [0.1, 0.15) is 53.7 Å². The van der Waals surface area contributed by atoms with Gasteiger partial charge in [0.2, 0.25) is 0 Å². The zero-order chi connectivity index (χ0) is 19.6. The van der Waals surface area contributed by atoms with Gasteiger partial charge in [-0.3, -0.25) is 24.0 Å². The van der Waals surface area contributed by atoms with Crippen molar-refractivity contribution in [3.05, 3.63) is 61.8 Å². The Bertz CT molecular complexity index is 960. The molecule has 144 valence electrons. The Morgan fingerprint density at radius 3 is 2.81 bits per heavy atom. The number of fused-ring (bicyclic) bond motifs is 1. The molecule has 0 saturated carbocycles. The standard InChI is InChI=1S/C20H26N4O3/c1-3-11-24-18(21)17(19(26)22-20(24)27)16(25)12-23(2)15-10-6-8-13-7-4-5-9-14(13)15/h4-5,7,9,15H,3,6,8,10-12,21H2,1-2H3,(H,22,26,27). The van der Waals surface area contributed by atoms with Gasteiger partial charge in [-0.2, -0.15) is 0 Å². The van der Waals surface area contributed by atoms with Crippen LogP contribution in [0.4, 0.5) is 5.82 Å². The van der Waals surface area contributed by atoms with Gasteiger partial charge < -0.3 is 5.73 Å². The third-order valence-electron chi connectivity index (χ3n) is 5.23. The molecular formula is C20H26N4O3. The van der Waals surface area contributed by atoms with Crippen molar-refractivity contribution in [2.75, 3.05) is 19.3 Å². The Morgan fingerprint density at radius 1 is 1.33 bits per heavy atom. The molecular weight excluding hydrogens is 344 g/mol. The van der Waals surface area contributed by atoms with E-state index in [2.05, 4.69) is 17.1 Å². The normalized spacial score (nSPS) is 16.3. The van der Waals surface area contributed by atoms with Gasteiger partial charge in [-0.15, -0.1) is 0 Å². The molecule has 1 aliphatic rings. The van der Waals surface area contributed by atoms with Gasteiger partial charge in [-0.1, -0.05) is 31.2 Å². The number of aromatic amines is 1. The van der Waals surface area contributed by atoms with Crippen molar-refractivity contribution < 1.29 is 4.79 Å². The number of nitrogens with one attached hydrogen (secondary N) is 1. The van der Waals surface area contributed by atoms with Crippen LogP contribution in [0.3, 0.4) is 0 Å². The van der Waals surface area contributed by atoms with Crippen LogP contribution in [0.15, 0.2) is 33.9 Å². The number of nitrogens with two attached hydrogens (primary N) is 1. The lowest BCUT2D eigenvalue weighted by molar-refractivity contribution is 0.0910. The SMILES string of the molecule is CCCn1c(N)c(C(=O)CN(C)C2CCCc3ccccc32)c(=O)[nH]c1=O. The molecule has 27 heavy (non-hydrogen) atoms. The van der Waals surface area contributed by atoms with Gasteiger partial charge >= 0.3 is 5.69 Å². The van der Waals surface area contributed by atoms with Crippen LogP contribution in [-0.4, -0.2) is 33.8 Å². The number of aryl methyl sites for hydroxylation is 1. The fourth-order valence-corrected chi connectivity index (χ4v) is 3.90. The van der Waals surface area contributed by atoms with Gasteiger partial charge in [0.1, 0.15) is 11.4 Å². The van der Waals surface area contributed by atoms with E-state index in [0.29, 0.717) is 13.0 Å². The van der Waals surface area contributed by atoms with Gasteiger partial charge in [0.25, 0.3) is 5.56 Å². The van der Waals surface area contributed by atoms with Crippen molar-refractivity contribution in [1.82, 2.24) is 14.5 Å². The molecule has 0 radical (unpaired) electrons. The highest BCUT2D eigenvalue weighted by atomic mass is 16.2. The Morgan fingerprint density at radius 2 is 2.07 bits per heavy atom. The molecule has 0 saturated heterocycles. The zero-order valence-electron chi connectivity index (χ0n) is 15.8. The van der Waals surface area contributed by atoms with Gasteiger partial charge in [0.15, 0.2) is 5.78 Å². The second-order valence-corrected chi connectivity index (χ2v) is 7.12. The molecule has 0 fully saturated rings. The van der Waals surface area contributed by atoms with E-state index < -0.39 is 11.2 Å². The summed E-state index contributed by atoms with van der Waals surface area (Å²) >= 11 is 0. The second kappa shape index (κ2) is 7.92. The first-order valence-corrected chi connectivity index (χ1v) is 9.37. The minimum atomic E-state index is -0.715. The van der Waals surface area contributed by atoms with Crippen molar-refractivity contribution in [2.24, 2.45) is 0 Å². The van der Waals surface area contributed by atoms with E-state index >= 15 is 0 Å². The van der Waals surface area contributed by atoms with E-state index in [1.165, 1.54) is 15.7 Å². The summed E-state index contributed by atoms with van der Waals surface area (Å²) in [5.74, 6) is -0.419. The number of rotatable bonds is 6. The third-order valence-corrected chi connectivity index (χ3v) is 5.23. The van der Waals surface area contributed by atoms with Gasteiger partial charge in [-0.25, -0.2) is 4.79 Å². The molecule has 2 aromatic rings. The molecule has 1 atom stereocenters. The zero-order valence-corrected chi connectivity index (χ0v) is 15.8.